The monoisotopic (exact) mass is 362 g/mol. The summed E-state index contributed by atoms with van der Waals surface area (Å²) in [5.41, 5.74) is 0.631. The van der Waals surface area contributed by atoms with Gasteiger partial charge in [-0.25, -0.2) is 0 Å². The second-order valence-electron chi connectivity index (χ2n) is 9.37. The van der Waals surface area contributed by atoms with E-state index in [0.717, 1.165) is 11.7 Å². The molecule has 6 heteroatoms. The van der Waals surface area contributed by atoms with Crippen LogP contribution in [0.1, 0.15) is 58.8 Å². The first kappa shape index (κ1) is 20.2. The first-order valence-corrected chi connectivity index (χ1v) is 11.7. The summed E-state index contributed by atoms with van der Waals surface area (Å²) in [5, 5.41) is 0.0491. The molecular weight excluding hydrogens is 331 g/mol. The molecule has 0 bridgehead atoms. The number of benzene rings is 1. The highest BCUT2D eigenvalue weighted by Gasteiger charge is 2.52. The normalized spacial score (nSPS) is 19.8. The van der Waals surface area contributed by atoms with Gasteiger partial charge in [0.25, 0.3) is 8.32 Å². The van der Waals surface area contributed by atoms with E-state index >= 15 is 0 Å². The topological polar surface area (TPSA) is 44.8 Å². The van der Waals surface area contributed by atoms with Crippen LogP contribution in [0.15, 0.2) is 18.2 Å². The molecule has 0 unspecified atom stereocenters. The molecule has 1 saturated heterocycles. The average Bonchev–Trinajstić information content (AvgIpc) is 2.65. The molecule has 0 saturated carbocycles. The molecule has 0 amide bonds. The van der Waals surface area contributed by atoms with Gasteiger partial charge >= 0.3 is 7.12 Å². The molecule has 4 nitrogen and oxygen atoms in total. The molecule has 1 aliphatic rings. The van der Waals surface area contributed by atoms with Crippen LogP contribution in [0.3, 0.4) is 0 Å². The van der Waals surface area contributed by atoms with Gasteiger partial charge in [0.1, 0.15) is 5.75 Å². The van der Waals surface area contributed by atoms with Crippen LogP contribution in [0, 0.1) is 0 Å². The summed E-state index contributed by atoms with van der Waals surface area (Å²) in [6.07, 6.45) is 0.844. The second kappa shape index (κ2) is 6.25. The van der Waals surface area contributed by atoms with E-state index in [1.807, 2.05) is 39.8 Å². The van der Waals surface area contributed by atoms with E-state index in [9.17, 15) is 4.79 Å². The van der Waals surface area contributed by atoms with Crippen LogP contribution in [0.2, 0.25) is 18.1 Å². The fraction of sp³-hybridized carbons (Fsp3) is 0.632. The number of carbonyl (C=O) groups excluding carboxylic acids is 1. The zero-order chi connectivity index (χ0) is 19.3. The van der Waals surface area contributed by atoms with Crippen molar-refractivity contribution in [2.45, 2.75) is 77.8 Å². The lowest BCUT2D eigenvalue weighted by Crippen LogP contribution is -2.44. The molecule has 1 aromatic rings. The van der Waals surface area contributed by atoms with E-state index in [1.165, 1.54) is 0 Å². The Morgan fingerprint density at radius 3 is 2.04 bits per heavy atom. The molecule has 0 aromatic heterocycles. The zero-order valence-corrected chi connectivity index (χ0v) is 18.0. The Kier molecular flexibility index (Phi) is 5.05. The van der Waals surface area contributed by atoms with Crippen LogP contribution >= 0.6 is 0 Å². The minimum Gasteiger partial charge on any atom is -0.543 e. The van der Waals surface area contributed by atoms with E-state index < -0.39 is 26.6 Å². The molecule has 0 atom stereocenters. The Bertz CT molecular complexity index is 646. The van der Waals surface area contributed by atoms with E-state index in [2.05, 4.69) is 33.9 Å². The number of hydrogen-bond acceptors (Lipinski definition) is 4. The lowest BCUT2D eigenvalue weighted by Gasteiger charge is -2.37. The molecule has 25 heavy (non-hydrogen) atoms. The molecule has 1 heterocycles. The highest BCUT2D eigenvalue weighted by Crippen LogP contribution is 2.39. The Morgan fingerprint density at radius 1 is 1.08 bits per heavy atom. The summed E-state index contributed by atoms with van der Waals surface area (Å²) in [4.78, 5) is 11.5. The molecule has 2 rings (SSSR count). The summed E-state index contributed by atoms with van der Waals surface area (Å²) in [6, 6.07) is 5.56. The van der Waals surface area contributed by atoms with Crippen molar-refractivity contribution >= 4 is 27.2 Å². The van der Waals surface area contributed by atoms with Crippen LogP contribution in [0.25, 0.3) is 0 Å². The van der Waals surface area contributed by atoms with Gasteiger partial charge in [-0.1, -0.05) is 26.8 Å². The third-order valence-electron chi connectivity index (χ3n) is 5.86. The van der Waals surface area contributed by atoms with Crippen LogP contribution in [0.5, 0.6) is 5.75 Å². The van der Waals surface area contributed by atoms with Gasteiger partial charge in [-0.3, -0.25) is 4.79 Å². The molecular formula is C19H31BO4Si. The predicted molar refractivity (Wildman–Crippen MR) is 105 cm³/mol. The molecule has 0 spiro atoms. The van der Waals surface area contributed by atoms with Crippen molar-refractivity contribution in [2.24, 2.45) is 0 Å². The number of rotatable bonds is 4. The Labute approximate surface area is 153 Å². The Hall–Kier alpha value is -1.11. The third kappa shape index (κ3) is 3.86. The smallest absolute Gasteiger partial charge is 0.494 e. The summed E-state index contributed by atoms with van der Waals surface area (Å²) in [5.74, 6) is 0.619. The lowest BCUT2D eigenvalue weighted by molar-refractivity contribution is 0.00578. The van der Waals surface area contributed by atoms with Gasteiger partial charge in [0.15, 0.2) is 6.29 Å². The van der Waals surface area contributed by atoms with Gasteiger partial charge < -0.3 is 13.7 Å². The molecule has 1 aromatic carbocycles. The molecule has 0 aliphatic carbocycles. The zero-order valence-electron chi connectivity index (χ0n) is 17.0. The minimum absolute atomic E-state index is 0.0491. The maximum absolute atomic E-state index is 11.5. The van der Waals surface area contributed by atoms with Gasteiger partial charge in [-0.2, -0.15) is 0 Å². The van der Waals surface area contributed by atoms with Crippen molar-refractivity contribution in [2.75, 3.05) is 0 Å². The number of hydrogen-bond donors (Lipinski definition) is 0. The maximum Gasteiger partial charge on any atom is 0.494 e. The summed E-state index contributed by atoms with van der Waals surface area (Å²) in [6.45, 7) is 19.0. The molecule has 0 radical (unpaired) electrons. The van der Waals surface area contributed by atoms with E-state index in [4.69, 9.17) is 13.7 Å². The van der Waals surface area contributed by atoms with Crippen LogP contribution < -0.4 is 9.89 Å². The highest BCUT2D eigenvalue weighted by molar-refractivity contribution is 6.74. The van der Waals surface area contributed by atoms with Crippen molar-refractivity contribution in [1.82, 2.24) is 0 Å². The third-order valence-corrected chi connectivity index (χ3v) is 10.2. The van der Waals surface area contributed by atoms with Gasteiger partial charge in [0.2, 0.25) is 0 Å². The first-order chi connectivity index (χ1) is 11.2. The molecule has 0 N–H and O–H groups in total. The first-order valence-electron chi connectivity index (χ1n) is 8.84. The van der Waals surface area contributed by atoms with Crippen LogP contribution in [-0.2, 0) is 9.31 Å². The minimum atomic E-state index is -2.05. The van der Waals surface area contributed by atoms with Gasteiger partial charge in [-0.15, -0.1) is 0 Å². The van der Waals surface area contributed by atoms with E-state index in [1.54, 1.807) is 6.07 Å². The van der Waals surface area contributed by atoms with E-state index in [0.29, 0.717) is 11.3 Å². The van der Waals surface area contributed by atoms with Crippen molar-refractivity contribution in [3.63, 3.8) is 0 Å². The Balaban J connectivity index is 2.37. The van der Waals surface area contributed by atoms with Crippen LogP contribution in [0.4, 0.5) is 0 Å². The second-order valence-corrected chi connectivity index (χ2v) is 14.1. The number of carbonyl (C=O) groups is 1. The average molecular weight is 362 g/mol. The van der Waals surface area contributed by atoms with Gasteiger partial charge in [0.05, 0.1) is 16.8 Å². The molecule has 1 aliphatic heterocycles. The summed E-state index contributed by atoms with van der Waals surface area (Å²) in [7, 11) is -2.52. The van der Waals surface area contributed by atoms with Crippen molar-refractivity contribution in [3.8, 4) is 5.75 Å². The maximum atomic E-state index is 11.5. The lowest BCUT2D eigenvalue weighted by atomic mass is 9.78. The van der Waals surface area contributed by atoms with Crippen molar-refractivity contribution in [3.05, 3.63) is 23.8 Å². The standard InChI is InChI=1S/C19H31BO4Si/c1-17(2,3)25(8,9)22-16-12-15(11-10-14(16)13-21)20-23-18(4,5)19(6,7)24-20/h10-13H,1-9H3. The summed E-state index contributed by atoms with van der Waals surface area (Å²) < 4.78 is 18.6. The van der Waals surface area contributed by atoms with Crippen molar-refractivity contribution in [1.29, 1.82) is 0 Å². The quantitative estimate of drug-likeness (QED) is 0.595. The summed E-state index contributed by atoms with van der Waals surface area (Å²) >= 11 is 0. The molecule has 138 valence electrons. The van der Waals surface area contributed by atoms with Gasteiger partial charge in [-0.05, 0) is 63.4 Å². The van der Waals surface area contributed by atoms with E-state index in [-0.39, 0.29) is 5.04 Å². The largest absolute Gasteiger partial charge is 0.543 e. The molecule has 1 fully saturated rings. The fourth-order valence-electron chi connectivity index (χ4n) is 2.29. The Morgan fingerprint density at radius 2 is 1.60 bits per heavy atom. The fourth-order valence-corrected chi connectivity index (χ4v) is 3.32. The predicted octanol–water partition coefficient (Wildman–Crippen LogP) is 4.18. The number of aldehydes is 1. The van der Waals surface area contributed by atoms with Crippen LogP contribution in [-0.4, -0.2) is 32.9 Å². The highest BCUT2D eigenvalue weighted by atomic mass is 28.4. The SMILES string of the molecule is CC1(C)OB(c2ccc(C=O)c(O[Si](C)(C)C(C)(C)C)c2)OC1(C)C. The van der Waals surface area contributed by atoms with Gasteiger partial charge in [0, 0.05) is 0 Å². The van der Waals surface area contributed by atoms with Crippen molar-refractivity contribution < 1.29 is 18.5 Å².